The number of aromatic nitrogens is 1. The predicted molar refractivity (Wildman–Crippen MR) is 92.5 cm³/mol. The Morgan fingerprint density at radius 3 is 2.71 bits per heavy atom. The van der Waals surface area contributed by atoms with Gasteiger partial charge in [0.15, 0.2) is 5.60 Å². The molecule has 1 aromatic carbocycles. The van der Waals surface area contributed by atoms with Gasteiger partial charge < -0.3 is 15.2 Å². The number of nitrogens with one attached hydrogen (secondary N) is 1. The Labute approximate surface area is 141 Å². The van der Waals surface area contributed by atoms with E-state index in [1.165, 1.54) is 0 Å². The fourth-order valence-electron chi connectivity index (χ4n) is 3.11. The predicted octanol–water partition coefficient (Wildman–Crippen LogP) is 3.43. The van der Waals surface area contributed by atoms with E-state index in [1.807, 2.05) is 20.8 Å². The van der Waals surface area contributed by atoms with Crippen LogP contribution in [0.4, 0.5) is 5.69 Å². The molecule has 1 aliphatic heterocycles. The van der Waals surface area contributed by atoms with Crippen LogP contribution in [0.25, 0.3) is 0 Å². The summed E-state index contributed by atoms with van der Waals surface area (Å²) in [5.74, 6) is 0.847. The molecule has 1 atom stereocenters. The standard InChI is InChI=1S/C19H22N2O3/c1-11-12(2)17-15(13(3)16(11)22)7-8-19(4,24-17)18(23)21-14-6-5-9-20-10-14/h5-6,9-10,22H,7-8H2,1-4H3,(H,21,23). The third kappa shape index (κ3) is 2.60. The maximum atomic E-state index is 12.7. The Hall–Kier alpha value is -2.56. The number of hydrogen-bond donors (Lipinski definition) is 2. The Kier molecular flexibility index (Phi) is 3.95. The summed E-state index contributed by atoms with van der Waals surface area (Å²) in [5.41, 5.74) is 3.19. The van der Waals surface area contributed by atoms with Crippen molar-refractivity contribution in [1.82, 2.24) is 4.98 Å². The first-order valence-corrected chi connectivity index (χ1v) is 8.05. The smallest absolute Gasteiger partial charge is 0.268 e. The molecule has 126 valence electrons. The van der Waals surface area contributed by atoms with Gasteiger partial charge in [0.1, 0.15) is 11.5 Å². The number of phenols is 1. The summed E-state index contributed by atoms with van der Waals surface area (Å²) < 4.78 is 6.16. The average Bonchev–Trinajstić information content (AvgIpc) is 2.59. The normalized spacial score (nSPS) is 19.3. The van der Waals surface area contributed by atoms with Crippen LogP contribution in [-0.2, 0) is 11.2 Å². The number of benzene rings is 1. The van der Waals surface area contributed by atoms with Crippen molar-refractivity contribution in [2.75, 3.05) is 5.32 Å². The summed E-state index contributed by atoms with van der Waals surface area (Å²) in [6.07, 6.45) is 4.50. The summed E-state index contributed by atoms with van der Waals surface area (Å²) in [6, 6.07) is 3.57. The largest absolute Gasteiger partial charge is 0.507 e. The summed E-state index contributed by atoms with van der Waals surface area (Å²) in [4.78, 5) is 16.7. The first-order chi connectivity index (χ1) is 11.3. The Bertz CT molecular complexity index is 802. The highest BCUT2D eigenvalue weighted by atomic mass is 16.5. The topological polar surface area (TPSA) is 71.5 Å². The number of ether oxygens (including phenoxy) is 1. The third-order valence-electron chi connectivity index (χ3n) is 4.92. The first-order valence-electron chi connectivity index (χ1n) is 8.05. The SMILES string of the molecule is Cc1c(C)c2c(c(C)c1O)CCC(C)(C(=O)Nc1cccnc1)O2. The minimum Gasteiger partial charge on any atom is -0.507 e. The van der Waals surface area contributed by atoms with Crippen LogP contribution < -0.4 is 10.1 Å². The number of fused-ring (bicyclic) bond motifs is 1. The Morgan fingerprint density at radius 2 is 2.04 bits per heavy atom. The summed E-state index contributed by atoms with van der Waals surface area (Å²) >= 11 is 0. The number of rotatable bonds is 2. The molecule has 1 aliphatic rings. The van der Waals surface area contributed by atoms with Gasteiger partial charge in [-0.05, 0) is 62.9 Å². The lowest BCUT2D eigenvalue weighted by atomic mass is 9.86. The van der Waals surface area contributed by atoms with Gasteiger partial charge in [-0.3, -0.25) is 9.78 Å². The Balaban J connectivity index is 1.92. The van der Waals surface area contributed by atoms with Crippen molar-refractivity contribution in [3.05, 3.63) is 46.8 Å². The minimum absolute atomic E-state index is 0.191. The molecule has 3 rings (SSSR count). The molecule has 1 aromatic heterocycles. The minimum atomic E-state index is -0.955. The van der Waals surface area contributed by atoms with Gasteiger partial charge in [0, 0.05) is 18.2 Å². The fraction of sp³-hybridized carbons (Fsp3) is 0.368. The maximum Gasteiger partial charge on any atom is 0.268 e. The van der Waals surface area contributed by atoms with Gasteiger partial charge in [-0.1, -0.05) is 0 Å². The van der Waals surface area contributed by atoms with Gasteiger partial charge in [0.05, 0.1) is 11.9 Å². The van der Waals surface area contributed by atoms with E-state index in [0.29, 0.717) is 24.3 Å². The van der Waals surface area contributed by atoms with E-state index in [-0.39, 0.29) is 5.91 Å². The van der Waals surface area contributed by atoms with Crippen molar-refractivity contribution in [2.24, 2.45) is 0 Å². The second-order valence-corrected chi connectivity index (χ2v) is 6.56. The van der Waals surface area contributed by atoms with Crippen molar-refractivity contribution >= 4 is 11.6 Å². The Morgan fingerprint density at radius 1 is 1.29 bits per heavy atom. The number of carbonyl (C=O) groups is 1. The van der Waals surface area contributed by atoms with E-state index in [9.17, 15) is 9.90 Å². The number of hydrogen-bond acceptors (Lipinski definition) is 4. The van der Waals surface area contributed by atoms with Crippen LogP contribution in [0, 0.1) is 20.8 Å². The number of phenolic OH excluding ortho intramolecular Hbond substituents is 1. The monoisotopic (exact) mass is 326 g/mol. The van der Waals surface area contributed by atoms with Crippen LogP contribution >= 0.6 is 0 Å². The number of aromatic hydroxyl groups is 1. The van der Waals surface area contributed by atoms with Crippen LogP contribution in [0.1, 0.15) is 35.6 Å². The van der Waals surface area contributed by atoms with Crippen molar-refractivity contribution in [2.45, 2.75) is 46.1 Å². The molecule has 1 unspecified atom stereocenters. The molecule has 5 nitrogen and oxygen atoms in total. The van der Waals surface area contributed by atoms with Gasteiger partial charge in [-0.15, -0.1) is 0 Å². The lowest BCUT2D eigenvalue weighted by molar-refractivity contribution is -0.131. The van der Waals surface area contributed by atoms with Gasteiger partial charge >= 0.3 is 0 Å². The van der Waals surface area contributed by atoms with Crippen molar-refractivity contribution in [3.8, 4) is 11.5 Å². The zero-order valence-electron chi connectivity index (χ0n) is 14.4. The van der Waals surface area contributed by atoms with Crippen LogP contribution in [0.5, 0.6) is 11.5 Å². The molecule has 0 aliphatic carbocycles. The summed E-state index contributed by atoms with van der Waals surface area (Å²) in [5, 5.41) is 13.1. The molecule has 2 heterocycles. The highest BCUT2D eigenvalue weighted by molar-refractivity contribution is 5.97. The number of amides is 1. The molecule has 24 heavy (non-hydrogen) atoms. The number of nitrogens with zero attached hydrogens (tertiary/aromatic N) is 1. The van der Waals surface area contributed by atoms with Crippen LogP contribution in [0.15, 0.2) is 24.5 Å². The maximum absolute atomic E-state index is 12.7. The van der Waals surface area contributed by atoms with E-state index < -0.39 is 5.60 Å². The molecule has 5 heteroatoms. The van der Waals surface area contributed by atoms with Crippen molar-refractivity contribution in [3.63, 3.8) is 0 Å². The van der Waals surface area contributed by atoms with Crippen LogP contribution in [-0.4, -0.2) is 21.6 Å². The number of carbonyl (C=O) groups excluding carboxylic acids is 1. The van der Waals surface area contributed by atoms with Crippen molar-refractivity contribution in [1.29, 1.82) is 0 Å². The highest BCUT2D eigenvalue weighted by Gasteiger charge is 2.40. The summed E-state index contributed by atoms with van der Waals surface area (Å²) in [6.45, 7) is 7.47. The number of anilines is 1. The van der Waals surface area contributed by atoms with Crippen LogP contribution in [0.2, 0.25) is 0 Å². The quantitative estimate of drug-likeness (QED) is 0.887. The van der Waals surface area contributed by atoms with Crippen molar-refractivity contribution < 1.29 is 14.6 Å². The molecule has 2 N–H and O–H groups in total. The molecule has 0 fully saturated rings. The summed E-state index contributed by atoms with van der Waals surface area (Å²) in [7, 11) is 0. The molecule has 1 amide bonds. The van der Waals surface area contributed by atoms with Gasteiger partial charge in [-0.25, -0.2) is 0 Å². The lowest BCUT2D eigenvalue weighted by Gasteiger charge is -2.36. The number of pyridine rings is 1. The van der Waals surface area contributed by atoms with E-state index in [0.717, 1.165) is 28.0 Å². The van der Waals surface area contributed by atoms with Gasteiger partial charge in [-0.2, -0.15) is 0 Å². The highest BCUT2D eigenvalue weighted by Crippen LogP contribution is 2.43. The fourth-order valence-corrected chi connectivity index (χ4v) is 3.11. The second-order valence-electron chi connectivity index (χ2n) is 6.56. The molecule has 0 saturated carbocycles. The molecule has 0 saturated heterocycles. The lowest BCUT2D eigenvalue weighted by Crippen LogP contribution is -2.48. The van der Waals surface area contributed by atoms with Gasteiger partial charge in [0.25, 0.3) is 5.91 Å². The zero-order valence-corrected chi connectivity index (χ0v) is 14.4. The van der Waals surface area contributed by atoms with Crippen LogP contribution in [0.3, 0.4) is 0 Å². The second kappa shape index (κ2) is 5.82. The molecular weight excluding hydrogens is 304 g/mol. The van der Waals surface area contributed by atoms with E-state index >= 15 is 0 Å². The third-order valence-corrected chi connectivity index (χ3v) is 4.92. The molecule has 2 aromatic rings. The molecular formula is C19H22N2O3. The van der Waals surface area contributed by atoms with E-state index in [2.05, 4.69) is 10.3 Å². The van der Waals surface area contributed by atoms with Gasteiger partial charge in [0.2, 0.25) is 0 Å². The van der Waals surface area contributed by atoms with E-state index in [4.69, 9.17) is 4.74 Å². The first kappa shape index (κ1) is 16.3. The molecule has 0 radical (unpaired) electrons. The van der Waals surface area contributed by atoms with E-state index in [1.54, 1.807) is 31.5 Å². The zero-order chi connectivity index (χ0) is 17.5. The average molecular weight is 326 g/mol. The molecule has 0 spiro atoms. The molecule has 0 bridgehead atoms.